The standard InChI is InChI=1S/C9H10N2O3/c1-12-7(4-5-10)9(14-3)8(6-11)13-2/h4H,1-3H3/b7-4+,9-8-. The van der Waals surface area contributed by atoms with E-state index in [2.05, 4.69) is 0 Å². The highest BCUT2D eigenvalue weighted by Crippen LogP contribution is 2.16. The van der Waals surface area contributed by atoms with E-state index in [9.17, 15) is 0 Å². The van der Waals surface area contributed by atoms with Crippen molar-refractivity contribution in [2.45, 2.75) is 0 Å². The maximum absolute atomic E-state index is 8.66. The molecule has 0 amide bonds. The molecule has 0 aromatic carbocycles. The number of rotatable bonds is 4. The molecule has 0 unspecified atom stereocenters. The molecule has 74 valence electrons. The molecule has 5 nitrogen and oxygen atoms in total. The van der Waals surface area contributed by atoms with Crippen molar-refractivity contribution in [2.24, 2.45) is 0 Å². The van der Waals surface area contributed by atoms with Crippen LogP contribution in [0.5, 0.6) is 0 Å². The summed E-state index contributed by atoms with van der Waals surface area (Å²) in [7, 11) is 4.06. The van der Waals surface area contributed by atoms with Crippen LogP contribution >= 0.6 is 0 Å². The summed E-state index contributed by atoms with van der Waals surface area (Å²) in [5.74, 6) is 0.198. The Kier molecular flexibility index (Phi) is 5.41. The molecule has 14 heavy (non-hydrogen) atoms. The summed E-state index contributed by atoms with van der Waals surface area (Å²) in [6.07, 6.45) is 1.12. The molecule has 0 saturated heterocycles. The molecule has 0 aliphatic carbocycles. The van der Waals surface area contributed by atoms with Gasteiger partial charge in [-0.1, -0.05) is 0 Å². The molecule has 0 fully saturated rings. The summed E-state index contributed by atoms with van der Waals surface area (Å²) in [5.41, 5.74) is 0. The first-order valence-corrected chi connectivity index (χ1v) is 3.61. The Bertz CT molecular complexity index is 331. The van der Waals surface area contributed by atoms with Crippen LogP contribution in [0.1, 0.15) is 0 Å². The second-order valence-corrected chi connectivity index (χ2v) is 2.02. The lowest BCUT2D eigenvalue weighted by molar-refractivity contribution is 0.192. The lowest BCUT2D eigenvalue weighted by atomic mass is 10.3. The summed E-state index contributed by atoms with van der Waals surface area (Å²) >= 11 is 0. The second kappa shape index (κ2) is 6.38. The molecule has 0 saturated carbocycles. The summed E-state index contributed by atoms with van der Waals surface area (Å²) in [6, 6.07) is 3.55. The fraction of sp³-hybridized carbons (Fsp3) is 0.333. The highest BCUT2D eigenvalue weighted by Gasteiger charge is 2.13. The highest BCUT2D eigenvalue weighted by molar-refractivity contribution is 5.33. The van der Waals surface area contributed by atoms with Gasteiger partial charge in [-0.2, -0.15) is 10.5 Å². The topological polar surface area (TPSA) is 75.3 Å². The number of nitriles is 2. The average Bonchev–Trinajstić information content (AvgIpc) is 2.23. The molecule has 0 aromatic heterocycles. The molecule has 0 radical (unpaired) electrons. The maximum atomic E-state index is 8.66. The molecule has 0 aliphatic rings. The highest BCUT2D eigenvalue weighted by atomic mass is 16.5. The van der Waals surface area contributed by atoms with Gasteiger partial charge in [0, 0.05) is 0 Å². The predicted octanol–water partition coefficient (Wildman–Crippen LogP) is 1.07. The number of methoxy groups -OCH3 is 3. The van der Waals surface area contributed by atoms with Gasteiger partial charge in [0.25, 0.3) is 0 Å². The summed E-state index contributed by atoms with van der Waals surface area (Å²) in [4.78, 5) is 0. The molecule has 0 aromatic rings. The second-order valence-electron chi connectivity index (χ2n) is 2.02. The lowest BCUT2D eigenvalue weighted by Crippen LogP contribution is -2.01. The van der Waals surface area contributed by atoms with Gasteiger partial charge in [-0.15, -0.1) is 0 Å². The largest absolute Gasteiger partial charge is 0.492 e. The van der Waals surface area contributed by atoms with Crippen molar-refractivity contribution in [3.63, 3.8) is 0 Å². The smallest absolute Gasteiger partial charge is 0.243 e. The number of nitrogens with zero attached hydrogens (tertiary/aromatic N) is 2. The van der Waals surface area contributed by atoms with Crippen molar-refractivity contribution < 1.29 is 14.2 Å². The van der Waals surface area contributed by atoms with Crippen molar-refractivity contribution in [2.75, 3.05) is 21.3 Å². The predicted molar refractivity (Wildman–Crippen MR) is 47.4 cm³/mol. The number of hydrogen-bond acceptors (Lipinski definition) is 5. The Morgan fingerprint density at radius 1 is 1.07 bits per heavy atom. The minimum Gasteiger partial charge on any atom is -0.492 e. The SMILES string of the molecule is CO/C(C#N)=C(OC)/C(=C\C#N)OC. The van der Waals surface area contributed by atoms with E-state index in [0.717, 1.165) is 6.08 Å². The molecule has 0 atom stereocenters. The number of ether oxygens (including phenoxy) is 3. The Balaban J connectivity index is 5.27. The van der Waals surface area contributed by atoms with E-state index in [1.165, 1.54) is 21.3 Å². The van der Waals surface area contributed by atoms with Gasteiger partial charge in [0.1, 0.15) is 6.07 Å². The van der Waals surface area contributed by atoms with Crippen LogP contribution in [0.15, 0.2) is 23.4 Å². The molecule has 0 aliphatic heterocycles. The van der Waals surface area contributed by atoms with Crippen molar-refractivity contribution in [3.8, 4) is 12.1 Å². The van der Waals surface area contributed by atoms with Crippen LogP contribution in [-0.4, -0.2) is 21.3 Å². The van der Waals surface area contributed by atoms with Gasteiger partial charge in [0.05, 0.1) is 33.5 Å². The molecule has 0 bridgehead atoms. The van der Waals surface area contributed by atoms with Gasteiger partial charge in [-0.3, -0.25) is 0 Å². The molecule has 0 N–H and O–H groups in total. The summed E-state index contributed by atoms with van der Waals surface area (Å²) < 4.78 is 14.5. The molecule has 0 heterocycles. The summed E-state index contributed by atoms with van der Waals surface area (Å²) in [6.45, 7) is 0. The minimum absolute atomic E-state index is 0.0455. The van der Waals surface area contributed by atoms with Gasteiger partial charge in [-0.05, 0) is 0 Å². The molecular formula is C9H10N2O3. The van der Waals surface area contributed by atoms with Crippen LogP contribution in [-0.2, 0) is 14.2 Å². The third-order valence-electron chi connectivity index (χ3n) is 1.36. The van der Waals surface area contributed by atoms with E-state index in [1.807, 2.05) is 0 Å². The van der Waals surface area contributed by atoms with Crippen molar-refractivity contribution >= 4 is 0 Å². The van der Waals surface area contributed by atoms with E-state index in [1.54, 1.807) is 12.1 Å². The first kappa shape index (κ1) is 11.9. The van der Waals surface area contributed by atoms with Crippen molar-refractivity contribution in [1.29, 1.82) is 10.5 Å². The Morgan fingerprint density at radius 3 is 2.00 bits per heavy atom. The maximum Gasteiger partial charge on any atom is 0.243 e. The Hall–Kier alpha value is -2.14. The van der Waals surface area contributed by atoms with Gasteiger partial charge >= 0.3 is 0 Å². The van der Waals surface area contributed by atoms with Crippen LogP contribution in [0.2, 0.25) is 0 Å². The van der Waals surface area contributed by atoms with Gasteiger partial charge in [0.15, 0.2) is 5.76 Å². The van der Waals surface area contributed by atoms with Gasteiger partial charge < -0.3 is 14.2 Å². The van der Waals surface area contributed by atoms with Crippen LogP contribution in [0.3, 0.4) is 0 Å². The Morgan fingerprint density at radius 2 is 1.71 bits per heavy atom. The first-order valence-electron chi connectivity index (χ1n) is 3.61. The normalized spacial score (nSPS) is 11.9. The minimum atomic E-state index is -0.0455. The number of allylic oxidation sites excluding steroid dienone is 2. The van der Waals surface area contributed by atoms with E-state index in [4.69, 9.17) is 24.7 Å². The quantitative estimate of drug-likeness (QED) is 0.380. The van der Waals surface area contributed by atoms with Gasteiger partial charge in [0.2, 0.25) is 11.5 Å². The zero-order chi connectivity index (χ0) is 11.0. The third-order valence-corrected chi connectivity index (χ3v) is 1.36. The van der Waals surface area contributed by atoms with Crippen molar-refractivity contribution in [3.05, 3.63) is 23.4 Å². The fourth-order valence-corrected chi connectivity index (χ4v) is 0.770. The van der Waals surface area contributed by atoms with Gasteiger partial charge in [-0.25, -0.2) is 0 Å². The number of hydrogen-bond donors (Lipinski definition) is 0. The summed E-state index contributed by atoms with van der Waals surface area (Å²) in [5, 5.41) is 17.1. The molecule has 5 heteroatoms. The van der Waals surface area contributed by atoms with Crippen molar-refractivity contribution in [1.82, 2.24) is 0 Å². The van der Waals surface area contributed by atoms with E-state index < -0.39 is 0 Å². The third kappa shape index (κ3) is 2.72. The van der Waals surface area contributed by atoms with Crippen LogP contribution < -0.4 is 0 Å². The van der Waals surface area contributed by atoms with Crippen LogP contribution in [0.25, 0.3) is 0 Å². The zero-order valence-corrected chi connectivity index (χ0v) is 8.20. The van der Waals surface area contributed by atoms with E-state index in [0.29, 0.717) is 0 Å². The average molecular weight is 194 g/mol. The van der Waals surface area contributed by atoms with Crippen LogP contribution in [0, 0.1) is 22.7 Å². The van der Waals surface area contributed by atoms with E-state index in [-0.39, 0.29) is 17.3 Å². The molecule has 0 spiro atoms. The van der Waals surface area contributed by atoms with Crippen LogP contribution in [0.4, 0.5) is 0 Å². The first-order chi connectivity index (χ1) is 6.74. The van der Waals surface area contributed by atoms with E-state index >= 15 is 0 Å². The fourth-order valence-electron chi connectivity index (χ4n) is 0.770. The monoisotopic (exact) mass is 194 g/mol. The Labute approximate surface area is 82.4 Å². The molecular weight excluding hydrogens is 184 g/mol. The zero-order valence-electron chi connectivity index (χ0n) is 8.20. The lowest BCUT2D eigenvalue weighted by Gasteiger charge is -2.09. The molecule has 0 rings (SSSR count).